The Hall–Kier alpha value is -3.24. The van der Waals surface area contributed by atoms with Crippen LogP contribution in [0.1, 0.15) is 60.2 Å². The molecule has 0 aromatic heterocycles. The predicted molar refractivity (Wildman–Crippen MR) is 119 cm³/mol. The molecule has 0 radical (unpaired) electrons. The number of rotatable bonds is 3. The molecule has 0 spiro atoms. The first-order valence-electron chi connectivity index (χ1n) is 11.2. The Kier molecular flexibility index (Phi) is 7.61. The zero-order valence-electron chi connectivity index (χ0n) is 19.8. The van der Waals surface area contributed by atoms with Crippen LogP contribution in [-0.4, -0.2) is 41.6 Å². The molecule has 36 heavy (non-hydrogen) atoms. The van der Waals surface area contributed by atoms with Crippen molar-refractivity contribution in [3.8, 4) is 0 Å². The number of hydrogen-bond acceptors (Lipinski definition) is 3. The number of nitrogens with zero attached hydrogens (tertiary/aromatic N) is 1. The fourth-order valence-electron chi connectivity index (χ4n) is 3.99. The maximum atomic E-state index is 13.2. The minimum Gasteiger partial charge on any atom is -0.444 e. The molecule has 2 aromatic carbocycles. The molecule has 11 heteroatoms. The largest absolute Gasteiger partial charge is 0.444 e. The van der Waals surface area contributed by atoms with Crippen LogP contribution in [0.2, 0.25) is 0 Å². The van der Waals surface area contributed by atoms with E-state index >= 15 is 0 Å². The van der Waals surface area contributed by atoms with Gasteiger partial charge in [0.2, 0.25) is 0 Å². The molecule has 1 N–H and O–H groups in total. The van der Waals surface area contributed by atoms with Gasteiger partial charge in [-0.15, -0.1) is 0 Å². The average Bonchev–Trinajstić information content (AvgIpc) is 2.77. The molecule has 2 unspecified atom stereocenters. The topological polar surface area (TPSA) is 58.6 Å². The average molecular weight is 516 g/mol. The van der Waals surface area contributed by atoms with Crippen LogP contribution in [0.4, 0.5) is 31.1 Å². The molecule has 5 nitrogen and oxygen atoms in total. The Morgan fingerprint density at radius 2 is 1.47 bits per heavy atom. The lowest BCUT2D eigenvalue weighted by Crippen LogP contribution is -2.52. The third-order valence-corrected chi connectivity index (χ3v) is 5.66. The van der Waals surface area contributed by atoms with Crippen LogP contribution in [0.25, 0.3) is 0 Å². The minimum atomic E-state index is -5.07. The number of carbonyl (C=O) groups is 2. The van der Waals surface area contributed by atoms with Crippen LogP contribution in [0.3, 0.4) is 0 Å². The van der Waals surface area contributed by atoms with E-state index in [9.17, 15) is 35.9 Å². The number of ether oxygens (including phenoxy) is 1. The minimum absolute atomic E-state index is 0.0249. The Bertz CT molecular complexity index is 1060. The second-order valence-corrected chi connectivity index (χ2v) is 9.61. The first kappa shape index (κ1) is 27.3. The summed E-state index contributed by atoms with van der Waals surface area (Å²) in [6.07, 6.45) is -10.5. The number of amides is 2. The highest BCUT2D eigenvalue weighted by molar-refractivity contribution is 5.95. The highest BCUT2D eigenvalue weighted by Crippen LogP contribution is 2.36. The number of piperidine rings is 1. The molecule has 1 saturated heterocycles. The first-order valence-corrected chi connectivity index (χ1v) is 11.2. The van der Waals surface area contributed by atoms with E-state index in [1.54, 1.807) is 51.1 Å². The first-order chi connectivity index (χ1) is 16.5. The number of alkyl halides is 6. The van der Waals surface area contributed by atoms with Gasteiger partial charge in [0.1, 0.15) is 5.60 Å². The Morgan fingerprint density at radius 3 is 1.97 bits per heavy atom. The van der Waals surface area contributed by atoms with Crippen LogP contribution in [-0.2, 0) is 17.1 Å². The summed E-state index contributed by atoms with van der Waals surface area (Å²) in [6, 6.07) is 8.95. The zero-order chi connectivity index (χ0) is 26.9. The van der Waals surface area contributed by atoms with E-state index in [-0.39, 0.29) is 25.6 Å². The van der Waals surface area contributed by atoms with Gasteiger partial charge in [-0.2, -0.15) is 26.3 Å². The predicted octanol–water partition coefficient (Wildman–Crippen LogP) is 6.25. The third-order valence-electron chi connectivity index (χ3n) is 5.66. The summed E-state index contributed by atoms with van der Waals surface area (Å²) in [5, 5.41) is 2.60. The van der Waals surface area contributed by atoms with Crippen molar-refractivity contribution in [3.63, 3.8) is 0 Å². The number of likely N-dealkylation sites (tertiary alicyclic amines) is 1. The van der Waals surface area contributed by atoms with Crippen molar-refractivity contribution in [2.45, 2.75) is 57.1 Å². The van der Waals surface area contributed by atoms with Crippen LogP contribution in [0, 0.1) is 0 Å². The van der Waals surface area contributed by atoms with E-state index in [0.717, 1.165) is 5.56 Å². The number of hydrogen-bond donors (Lipinski definition) is 1. The molecule has 1 fully saturated rings. The molecule has 2 aromatic rings. The molecular weight excluding hydrogens is 490 g/mol. The van der Waals surface area contributed by atoms with Gasteiger partial charge in [0, 0.05) is 30.6 Å². The second-order valence-electron chi connectivity index (χ2n) is 9.61. The molecular formula is C25H26F6N2O3. The summed E-state index contributed by atoms with van der Waals surface area (Å²) in [7, 11) is 0. The van der Waals surface area contributed by atoms with Gasteiger partial charge in [-0.05, 0) is 51.0 Å². The van der Waals surface area contributed by atoms with E-state index in [1.165, 1.54) is 4.90 Å². The van der Waals surface area contributed by atoms with Gasteiger partial charge in [-0.3, -0.25) is 4.79 Å². The number of nitrogens with one attached hydrogen (secondary N) is 1. The maximum absolute atomic E-state index is 13.2. The molecule has 0 aliphatic carbocycles. The van der Waals surface area contributed by atoms with Crippen LogP contribution < -0.4 is 5.32 Å². The molecule has 0 saturated carbocycles. The van der Waals surface area contributed by atoms with E-state index in [4.69, 9.17) is 4.74 Å². The normalized spacial score (nSPS) is 19.1. The van der Waals surface area contributed by atoms with E-state index < -0.39 is 58.6 Å². The second kappa shape index (κ2) is 10.0. The van der Waals surface area contributed by atoms with Crippen molar-refractivity contribution in [1.82, 2.24) is 10.2 Å². The smallest absolute Gasteiger partial charge is 0.416 e. The van der Waals surface area contributed by atoms with E-state index in [0.29, 0.717) is 12.1 Å². The van der Waals surface area contributed by atoms with Gasteiger partial charge in [-0.25, -0.2) is 4.79 Å². The van der Waals surface area contributed by atoms with Gasteiger partial charge in [0.25, 0.3) is 5.91 Å². The molecule has 1 aliphatic heterocycles. The summed E-state index contributed by atoms with van der Waals surface area (Å²) in [5.41, 5.74) is -3.87. The number of carbonyl (C=O) groups excluding carboxylic acids is 2. The Labute approximate surface area is 204 Å². The Balaban J connectivity index is 1.89. The lowest BCUT2D eigenvalue weighted by Gasteiger charge is -2.39. The number of halogens is 6. The fraction of sp³-hybridized carbons (Fsp3) is 0.440. The van der Waals surface area contributed by atoms with Crippen molar-refractivity contribution < 1.29 is 40.7 Å². The molecule has 2 amide bonds. The van der Waals surface area contributed by atoms with Crippen molar-refractivity contribution >= 4 is 12.0 Å². The Morgan fingerprint density at radius 1 is 0.917 bits per heavy atom. The highest BCUT2D eigenvalue weighted by atomic mass is 19.4. The van der Waals surface area contributed by atoms with Gasteiger partial charge in [0.15, 0.2) is 0 Å². The van der Waals surface area contributed by atoms with Gasteiger partial charge in [-0.1, -0.05) is 30.3 Å². The van der Waals surface area contributed by atoms with Gasteiger partial charge < -0.3 is 15.0 Å². The van der Waals surface area contributed by atoms with Crippen molar-refractivity contribution in [3.05, 3.63) is 70.8 Å². The number of benzene rings is 2. The molecule has 2 atom stereocenters. The zero-order valence-corrected chi connectivity index (χ0v) is 19.8. The lowest BCUT2D eigenvalue weighted by molar-refractivity contribution is -0.143. The van der Waals surface area contributed by atoms with Crippen LogP contribution in [0.5, 0.6) is 0 Å². The summed E-state index contributed by atoms with van der Waals surface area (Å²) < 4.78 is 84.8. The summed E-state index contributed by atoms with van der Waals surface area (Å²) in [5.74, 6) is -1.53. The molecule has 1 aliphatic rings. The van der Waals surface area contributed by atoms with Crippen molar-refractivity contribution in [2.24, 2.45) is 0 Å². The maximum Gasteiger partial charge on any atom is 0.416 e. The van der Waals surface area contributed by atoms with Crippen molar-refractivity contribution in [2.75, 3.05) is 13.1 Å². The molecule has 1 heterocycles. The molecule has 3 rings (SSSR count). The SMILES string of the molecule is CC(C)(C)OC(=O)N1CCC(NC(=O)c2cc(C(F)(F)F)cc(C(F)(F)F)c2)C(c2ccccc2)C1. The van der Waals surface area contributed by atoms with Crippen LogP contribution in [0.15, 0.2) is 48.5 Å². The van der Waals surface area contributed by atoms with Gasteiger partial charge in [0.05, 0.1) is 11.1 Å². The summed E-state index contributed by atoms with van der Waals surface area (Å²) in [4.78, 5) is 27.0. The quantitative estimate of drug-likeness (QED) is 0.491. The molecule has 0 bridgehead atoms. The van der Waals surface area contributed by atoms with E-state index in [2.05, 4.69) is 5.32 Å². The third kappa shape index (κ3) is 6.92. The van der Waals surface area contributed by atoms with Crippen LogP contribution >= 0.6 is 0 Å². The molecule has 196 valence electrons. The fourth-order valence-corrected chi connectivity index (χ4v) is 3.99. The van der Waals surface area contributed by atoms with Crippen molar-refractivity contribution in [1.29, 1.82) is 0 Å². The highest BCUT2D eigenvalue weighted by Gasteiger charge is 2.39. The lowest BCUT2D eigenvalue weighted by atomic mass is 9.86. The summed E-state index contributed by atoms with van der Waals surface area (Å²) in [6.45, 7) is 5.48. The monoisotopic (exact) mass is 516 g/mol. The standard InChI is InChI=1S/C25H26F6N2O3/c1-23(2,3)36-22(35)33-10-9-20(19(14-33)15-7-5-4-6-8-15)32-21(34)16-11-17(24(26,27)28)13-18(12-16)25(29,30)31/h4-8,11-13,19-20H,9-10,14H2,1-3H3,(H,32,34). The van der Waals surface area contributed by atoms with Gasteiger partial charge >= 0.3 is 18.4 Å². The van der Waals surface area contributed by atoms with E-state index in [1.807, 2.05) is 0 Å². The summed E-state index contributed by atoms with van der Waals surface area (Å²) >= 11 is 0.